The van der Waals surface area contributed by atoms with E-state index in [0.717, 1.165) is 37.0 Å². The largest absolute Gasteiger partial charge is 0.334 e. The molecule has 3 aromatic rings. The van der Waals surface area contributed by atoms with Gasteiger partial charge in [0.05, 0.1) is 6.20 Å². The first-order valence-corrected chi connectivity index (χ1v) is 10.2. The molecule has 0 N–H and O–H groups in total. The summed E-state index contributed by atoms with van der Waals surface area (Å²) in [4.78, 5) is 31.0. The lowest BCUT2D eigenvalue weighted by atomic mass is 9.84. The van der Waals surface area contributed by atoms with Crippen LogP contribution in [0, 0.1) is 6.92 Å². The molecule has 2 aromatic heterocycles. The van der Waals surface area contributed by atoms with E-state index in [0.29, 0.717) is 18.7 Å². The Hall–Kier alpha value is -3.09. The van der Waals surface area contributed by atoms with E-state index in [-0.39, 0.29) is 11.8 Å². The van der Waals surface area contributed by atoms with E-state index >= 15 is 0 Å². The van der Waals surface area contributed by atoms with Crippen LogP contribution in [0.15, 0.2) is 42.9 Å². The highest BCUT2D eigenvalue weighted by molar-refractivity contribution is 6.07. The normalized spacial score (nSPS) is 22.2. The van der Waals surface area contributed by atoms with Crippen molar-refractivity contribution in [3.05, 3.63) is 54.0 Å². The van der Waals surface area contributed by atoms with Crippen LogP contribution in [0.2, 0.25) is 0 Å². The number of rotatable bonds is 2. The molecule has 150 valence electrons. The van der Waals surface area contributed by atoms with Gasteiger partial charge < -0.3 is 14.4 Å². The van der Waals surface area contributed by atoms with Crippen molar-refractivity contribution >= 4 is 23.1 Å². The fourth-order valence-electron chi connectivity index (χ4n) is 4.96. The Bertz CT molecular complexity index is 1100. The molecule has 4 heterocycles. The standard InChI is InChI=1S/C22H25N5O2/c1-16-5-7-17(8-6-16)25-11-3-9-22(21(25)29)10-4-12-26(22)20(28)18-15-23-27-14-13-24(2)19(18)27/h5-8,13-15H,3-4,9-12H2,1-2H3. The monoisotopic (exact) mass is 391 g/mol. The topological polar surface area (TPSA) is 62.8 Å². The maximum atomic E-state index is 13.7. The Morgan fingerprint density at radius 3 is 2.55 bits per heavy atom. The predicted octanol–water partition coefficient (Wildman–Crippen LogP) is 2.78. The fraction of sp³-hybridized carbons (Fsp3) is 0.409. The van der Waals surface area contributed by atoms with E-state index in [1.54, 1.807) is 10.7 Å². The molecule has 7 heteroatoms. The number of anilines is 1. The number of carbonyl (C=O) groups excluding carboxylic acids is 2. The van der Waals surface area contributed by atoms with Crippen LogP contribution in [0.1, 0.15) is 41.6 Å². The van der Waals surface area contributed by atoms with Crippen LogP contribution in [-0.4, -0.2) is 49.5 Å². The van der Waals surface area contributed by atoms with Gasteiger partial charge >= 0.3 is 0 Å². The molecule has 2 saturated heterocycles. The van der Waals surface area contributed by atoms with Gasteiger partial charge in [-0.3, -0.25) is 9.59 Å². The van der Waals surface area contributed by atoms with Gasteiger partial charge in [-0.1, -0.05) is 17.7 Å². The van der Waals surface area contributed by atoms with Gasteiger partial charge in [0.1, 0.15) is 16.7 Å². The molecule has 1 unspecified atom stereocenters. The number of benzene rings is 1. The SMILES string of the molecule is Cc1ccc(N2CCCC3(CCCN3C(=O)c3cnn4ccn(C)c34)C2=O)cc1. The summed E-state index contributed by atoms with van der Waals surface area (Å²) in [6, 6.07) is 8.05. The van der Waals surface area contributed by atoms with Crippen LogP contribution in [-0.2, 0) is 11.8 Å². The smallest absolute Gasteiger partial charge is 0.260 e. The van der Waals surface area contributed by atoms with E-state index in [2.05, 4.69) is 5.10 Å². The average molecular weight is 391 g/mol. The molecule has 0 radical (unpaired) electrons. The summed E-state index contributed by atoms with van der Waals surface area (Å²) in [5.41, 5.74) is 2.64. The Labute approximate surface area is 169 Å². The highest BCUT2D eigenvalue weighted by atomic mass is 16.2. The van der Waals surface area contributed by atoms with E-state index in [1.165, 1.54) is 5.56 Å². The van der Waals surface area contributed by atoms with Crippen LogP contribution < -0.4 is 4.90 Å². The number of likely N-dealkylation sites (tertiary alicyclic amines) is 1. The second kappa shape index (κ2) is 6.47. The number of fused-ring (bicyclic) bond motifs is 1. The third-order valence-electron chi connectivity index (χ3n) is 6.46. The zero-order valence-electron chi connectivity index (χ0n) is 16.8. The first-order chi connectivity index (χ1) is 14.0. The molecule has 2 aliphatic heterocycles. The lowest BCUT2D eigenvalue weighted by Gasteiger charge is -2.44. The van der Waals surface area contributed by atoms with Crippen LogP contribution >= 0.6 is 0 Å². The molecule has 0 saturated carbocycles. The van der Waals surface area contributed by atoms with Gasteiger partial charge in [-0.15, -0.1) is 0 Å². The lowest BCUT2D eigenvalue weighted by Crippen LogP contribution is -2.61. The molecule has 7 nitrogen and oxygen atoms in total. The van der Waals surface area contributed by atoms with Gasteiger partial charge in [0.25, 0.3) is 11.8 Å². The molecular weight excluding hydrogens is 366 g/mol. The van der Waals surface area contributed by atoms with E-state index in [9.17, 15) is 9.59 Å². The minimum absolute atomic E-state index is 0.0498. The van der Waals surface area contributed by atoms with Crippen molar-refractivity contribution in [3.63, 3.8) is 0 Å². The number of amides is 2. The first kappa shape index (κ1) is 18.0. The highest BCUT2D eigenvalue weighted by Crippen LogP contribution is 2.40. The average Bonchev–Trinajstić information content (AvgIpc) is 3.42. The molecule has 29 heavy (non-hydrogen) atoms. The molecule has 1 aromatic carbocycles. The number of hydrogen-bond donors (Lipinski definition) is 0. The summed E-state index contributed by atoms with van der Waals surface area (Å²) in [5.74, 6) is -0.0489. The predicted molar refractivity (Wildman–Crippen MR) is 110 cm³/mol. The Morgan fingerprint density at radius 1 is 1.07 bits per heavy atom. The Balaban J connectivity index is 1.51. The van der Waals surface area contributed by atoms with E-state index < -0.39 is 5.54 Å². The Morgan fingerprint density at radius 2 is 1.79 bits per heavy atom. The Kier molecular flexibility index (Phi) is 4.01. The molecule has 1 spiro atoms. The first-order valence-electron chi connectivity index (χ1n) is 10.2. The zero-order valence-corrected chi connectivity index (χ0v) is 16.8. The van der Waals surface area contributed by atoms with Crippen LogP contribution in [0.3, 0.4) is 0 Å². The maximum Gasteiger partial charge on any atom is 0.260 e. The van der Waals surface area contributed by atoms with Gasteiger partial charge in [0.15, 0.2) is 0 Å². The van der Waals surface area contributed by atoms with Crippen LogP contribution in [0.4, 0.5) is 5.69 Å². The number of piperidine rings is 1. The minimum atomic E-state index is -0.750. The van der Waals surface area contributed by atoms with Crippen molar-refractivity contribution < 1.29 is 9.59 Å². The van der Waals surface area contributed by atoms with Gasteiger partial charge in [0, 0.05) is 38.2 Å². The van der Waals surface area contributed by atoms with Gasteiger partial charge in [-0.2, -0.15) is 5.10 Å². The number of aromatic nitrogens is 3. The quantitative estimate of drug-likeness (QED) is 0.675. The van der Waals surface area contributed by atoms with Crippen molar-refractivity contribution in [3.8, 4) is 0 Å². The van der Waals surface area contributed by atoms with Crippen molar-refractivity contribution in [2.75, 3.05) is 18.0 Å². The fourth-order valence-corrected chi connectivity index (χ4v) is 4.96. The summed E-state index contributed by atoms with van der Waals surface area (Å²) in [6.45, 7) is 3.34. The van der Waals surface area contributed by atoms with Crippen molar-refractivity contribution in [2.45, 2.75) is 38.1 Å². The number of carbonyl (C=O) groups is 2. The molecule has 0 bridgehead atoms. The summed E-state index contributed by atoms with van der Waals surface area (Å²) in [6.07, 6.45) is 8.50. The summed E-state index contributed by atoms with van der Waals surface area (Å²) in [7, 11) is 1.90. The molecule has 0 aliphatic carbocycles. The lowest BCUT2D eigenvalue weighted by molar-refractivity contribution is -0.130. The van der Waals surface area contributed by atoms with Crippen molar-refractivity contribution in [1.29, 1.82) is 0 Å². The van der Waals surface area contributed by atoms with Crippen LogP contribution in [0.25, 0.3) is 5.65 Å². The van der Waals surface area contributed by atoms with Crippen molar-refractivity contribution in [2.24, 2.45) is 7.05 Å². The van der Waals surface area contributed by atoms with Gasteiger partial charge in [-0.25, -0.2) is 4.52 Å². The second-order valence-corrected chi connectivity index (χ2v) is 8.22. The summed E-state index contributed by atoms with van der Waals surface area (Å²) in [5, 5.41) is 4.31. The van der Waals surface area contributed by atoms with E-state index in [4.69, 9.17) is 0 Å². The summed E-state index contributed by atoms with van der Waals surface area (Å²) >= 11 is 0. The third-order valence-corrected chi connectivity index (χ3v) is 6.46. The number of nitrogens with zero attached hydrogens (tertiary/aromatic N) is 5. The molecular formula is C22H25N5O2. The number of hydrogen-bond acceptors (Lipinski definition) is 3. The molecule has 2 amide bonds. The molecule has 5 rings (SSSR count). The molecule has 2 fully saturated rings. The van der Waals surface area contributed by atoms with Crippen molar-refractivity contribution in [1.82, 2.24) is 19.1 Å². The second-order valence-electron chi connectivity index (χ2n) is 8.22. The minimum Gasteiger partial charge on any atom is -0.334 e. The number of aryl methyl sites for hydroxylation is 2. The zero-order chi connectivity index (χ0) is 20.2. The summed E-state index contributed by atoms with van der Waals surface area (Å²) < 4.78 is 3.60. The molecule has 1 atom stereocenters. The highest BCUT2D eigenvalue weighted by Gasteiger charge is 2.53. The van der Waals surface area contributed by atoms with E-state index in [1.807, 2.05) is 65.0 Å². The van der Waals surface area contributed by atoms with Gasteiger partial charge in [0.2, 0.25) is 0 Å². The molecule has 2 aliphatic rings. The third kappa shape index (κ3) is 2.60. The maximum absolute atomic E-state index is 13.7. The number of imidazole rings is 1. The van der Waals surface area contributed by atoms with Crippen LogP contribution in [0.5, 0.6) is 0 Å². The van der Waals surface area contributed by atoms with Gasteiger partial charge in [-0.05, 0) is 44.7 Å².